The highest BCUT2D eigenvalue weighted by Crippen LogP contribution is 2.39. The minimum absolute atomic E-state index is 0.631. The molecule has 0 radical (unpaired) electrons. The Morgan fingerprint density at radius 3 is 3.06 bits per heavy atom. The average Bonchev–Trinajstić information content (AvgIpc) is 3.11. The Labute approximate surface area is 106 Å². The Balaban J connectivity index is 1.40. The second-order valence-corrected chi connectivity index (χ2v) is 5.76. The molecule has 2 aliphatic rings. The SMILES string of the molecule is C1CNCC(CCOc2nc(C3CC3)ns2)C1. The molecule has 1 saturated carbocycles. The number of hydrogen-bond acceptors (Lipinski definition) is 5. The van der Waals surface area contributed by atoms with Crippen molar-refractivity contribution in [1.82, 2.24) is 14.7 Å². The maximum Gasteiger partial charge on any atom is 0.293 e. The van der Waals surface area contributed by atoms with E-state index in [1.54, 1.807) is 0 Å². The number of hydrogen-bond donors (Lipinski definition) is 1. The topological polar surface area (TPSA) is 47.0 Å². The van der Waals surface area contributed by atoms with Crippen LogP contribution in [0.5, 0.6) is 5.19 Å². The van der Waals surface area contributed by atoms with Crippen molar-refractivity contribution in [3.63, 3.8) is 0 Å². The Kier molecular flexibility index (Phi) is 3.57. The summed E-state index contributed by atoms with van der Waals surface area (Å²) >= 11 is 1.41. The van der Waals surface area contributed by atoms with E-state index in [0.717, 1.165) is 36.5 Å². The number of aromatic nitrogens is 2. The van der Waals surface area contributed by atoms with Crippen LogP contribution in [-0.4, -0.2) is 29.1 Å². The van der Waals surface area contributed by atoms with Crippen LogP contribution in [0.4, 0.5) is 0 Å². The van der Waals surface area contributed by atoms with Crippen LogP contribution in [0.25, 0.3) is 0 Å². The molecular weight excluding hydrogens is 234 g/mol. The van der Waals surface area contributed by atoms with Gasteiger partial charge in [-0.15, -0.1) is 0 Å². The van der Waals surface area contributed by atoms with E-state index in [9.17, 15) is 0 Å². The monoisotopic (exact) mass is 253 g/mol. The third-order valence-corrected chi connectivity index (χ3v) is 4.16. The lowest BCUT2D eigenvalue weighted by Gasteiger charge is -2.22. The van der Waals surface area contributed by atoms with E-state index in [1.165, 1.54) is 43.8 Å². The van der Waals surface area contributed by atoms with E-state index in [-0.39, 0.29) is 0 Å². The van der Waals surface area contributed by atoms with E-state index < -0.39 is 0 Å². The summed E-state index contributed by atoms with van der Waals surface area (Å²) in [5.41, 5.74) is 0. The van der Waals surface area contributed by atoms with Crippen molar-refractivity contribution >= 4 is 11.5 Å². The van der Waals surface area contributed by atoms with Gasteiger partial charge in [0, 0.05) is 17.5 Å². The van der Waals surface area contributed by atoms with Crippen molar-refractivity contribution in [2.45, 2.75) is 38.0 Å². The fourth-order valence-corrected chi connectivity index (χ4v) is 2.90. The van der Waals surface area contributed by atoms with Crippen molar-refractivity contribution in [2.24, 2.45) is 5.92 Å². The zero-order valence-corrected chi connectivity index (χ0v) is 10.8. The van der Waals surface area contributed by atoms with E-state index in [0.29, 0.717) is 5.92 Å². The molecule has 1 aliphatic carbocycles. The summed E-state index contributed by atoms with van der Waals surface area (Å²) in [6.45, 7) is 3.11. The Morgan fingerprint density at radius 1 is 1.35 bits per heavy atom. The lowest BCUT2D eigenvalue weighted by molar-refractivity contribution is 0.253. The van der Waals surface area contributed by atoms with Gasteiger partial charge in [0.1, 0.15) is 5.82 Å². The molecule has 1 aromatic heterocycles. The van der Waals surface area contributed by atoms with Gasteiger partial charge in [0.2, 0.25) is 0 Å². The van der Waals surface area contributed by atoms with Crippen molar-refractivity contribution in [3.8, 4) is 5.19 Å². The molecule has 1 saturated heterocycles. The predicted molar refractivity (Wildman–Crippen MR) is 67.6 cm³/mol. The van der Waals surface area contributed by atoms with Gasteiger partial charge >= 0.3 is 0 Å². The standard InChI is InChI=1S/C12H19N3OS/c1-2-9(8-13-6-1)5-7-16-12-14-11(15-17-12)10-3-4-10/h9-10,13H,1-8H2. The van der Waals surface area contributed by atoms with Crippen LogP contribution in [0, 0.1) is 5.92 Å². The quantitative estimate of drug-likeness (QED) is 0.873. The third kappa shape index (κ3) is 3.16. The van der Waals surface area contributed by atoms with Crippen LogP contribution >= 0.6 is 11.5 Å². The van der Waals surface area contributed by atoms with Crippen LogP contribution in [0.2, 0.25) is 0 Å². The number of nitrogens with zero attached hydrogens (tertiary/aromatic N) is 2. The summed E-state index contributed by atoms with van der Waals surface area (Å²) in [5.74, 6) is 2.41. The molecule has 0 bridgehead atoms. The Bertz CT molecular complexity index is 358. The summed E-state index contributed by atoms with van der Waals surface area (Å²) in [5, 5.41) is 4.19. The summed E-state index contributed by atoms with van der Waals surface area (Å²) < 4.78 is 10.0. The molecule has 0 amide bonds. The predicted octanol–water partition coefficient (Wildman–Crippen LogP) is 2.18. The molecule has 0 aromatic carbocycles. The molecule has 2 fully saturated rings. The lowest BCUT2D eigenvalue weighted by Crippen LogP contribution is -2.30. The van der Waals surface area contributed by atoms with Gasteiger partial charge in [0.25, 0.3) is 5.19 Å². The van der Waals surface area contributed by atoms with Gasteiger partial charge in [-0.05, 0) is 51.1 Å². The second kappa shape index (κ2) is 5.31. The average molecular weight is 253 g/mol. The summed E-state index contributed by atoms with van der Waals surface area (Å²) in [6.07, 6.45) is 6.27. The second-order valence-electron chi connectivity index (χ2n) is 5.04. The van der Waals surface area contributed by atoms with Crippen LogP contribution in [-0.2, 0) is 0 Å². The van der Waals surface area contributed by atoms with Crippen molar-refractivity contribution in [2.75, 3.05) is 19.7 Å². The van der Waals surface area contributed by atoms with Crippen molar-refractivity contribution in [1.29, 1.82) is 0 Å². The number of rotatable bonds is 5. The van der Waals surface area contributed by atoms with Crippen LogP contribution in [0.1, 0.15) is 43.8 Å². The largest absolute Gasteiger partial charge is 0.469 e. The summed E-state index contributed by atoms with van der Waals surface area (Å²) in [6, 6.07) is 0. The molecule has 94 valence electrons. The molecule has 1 atom stereocenters. The number of piperidine rings is 1. The van der Waals surface area contributed by atoms with E-state index in [2.05, 4.69) is 14.7 Å². The molecule has 5 heteroatoms. The first-order valence-electron chi connectivity index (χ1n) is 6.59. The zero-order chi connectivity index (χ0) is 11.5. The Morgan fingerprint density at radius 2 is 2.29 bits per heavy atom. The molecule has 17 heavy (non-hydrogen) atoms. The highest BCUT2D eigenvalue weighted by Gasteiger charge is 2.28. The normalized spacial score (nSPS) is 24.8. The smallest absolute Gasteiger partial charge is 0.293 e. The molecule has 1 unspecified atom stereocenters. The van der Waals surface area contributed by atoms with Gasteiger partial charge in [0.05, 0.1) is 6.61 Å². The van der Waals surface area contributed by atoms with Crippen LogP contribution in [0.3, 0.4) is 0 Å². The highest BCUT2D eigenvalue weighted by molar-refractivity contribution is 7.07. The van der Waals surface area contributed by atoms with Crippen LogP contribution in [0.15, 0.2) is 0 Å². The van der Waals surface area contributed by atoms with Gasteiger partial charge in [-0.3, -0.25) is 0 Å². The maximum absolute atomic E-state index is 5.68. The first-order chi connectivity index (χ1) is 8.42. The van der Waals surface area contributed by atoms with Gasteiger partial charge in [-0.25, -0.2) is 0 Å². The van der Waals surface area contributed by atoms with Gasteiger partial charge in [-0.1, -0.05) is 0 Å². The third-order valence-electron chi connectivity index (χ3n) is 3.52. The molecule has 2 heterocycles. The van der Waals surface area contributed by atoms with Crippen LogP contribution < -0.4 is 10.1 Å². The fraction of sp³-hybridized carbons (Fsp3) is 0.833. The highest BCUT2D eigenvalue weighted by atomic mass is 32.1. The number of nitrogens with one attached hydrogen (secondary N) is 1. The maximum atomic E-state index is 5.68. The minimum atomic E-state index is 0.631. The van der Waals surface area contributed by atoms with Gasteiger partial charge in [-0.2, -0.15) is 9.36 Å². The van der Waals surface area contributed by atoms with Gasteiger partial charge in [0.15, 0.2) is 0 Å². The summed E-state index contributed by atoms with van der Waals surface area (Å²) in [7, 11) is 0. The Hall–Kier alpha value is -0.680. The minimum Gasteiger partial charge on any atom is -0.469 e. The molecule has 1 aromatic rings. The molecule has 1 aliphatic heterocycles. The number of ether oxygens (including phenoxy) is 1. The molecule has 4 nitrogen and oxygen atoms in total. The first kappa shape index (κ1) is 11.4. The molecule has 1 N–H and O–H groups in total. The molecular formula is C12H19N3OS. The summed E-state index contributed by atoms with van der Waals surface area (Å²) in [4.78, 5) is 4.42. The first-order valence-corrected chi connectivity index (χ1v) is 7.36. The van der Waals surface area contributed by atoms with E-state index >= 15 is 0 Å². The van der Waals surface area contributed by atoms with Crippen molar-refractivity contribution < 1.29 is 4.74 Å². The van der Waals surface area contributed by atoms with E-state index in [1.807, 2.05) is 0 Å². The van der Waals surface area contributed by atoms with E-state index in [4.69, 9.17) is 4.74 Å². The molecule has 0 spiro atoms. The zero-order valence-electron chi connectivity index (χ0n) is 10.0. The van der Waals surface area contributed by atoms with Crippen molar-refractivity contribution in [3.05, 3.63) is 5.82 Å². The fourth-order valence-electron chi connectivity index (χ4n) is 2.27. The molecule has 3 rings (SSSR count). The van der Waals surface area contributed by atoms with Gasteiger partial charge < -0.3 is 10.1 Å². The lowest BCUT2D eigenvalue weighted by atomic mass is 9.97.